The first-order valence-electron chi connectivity index (χ1n) is 9.66. The highest BCUT2D eigenvalue weighted by atomic mass is 32.2. The Hall–Kier alpha value is -2.75. The van der Waals surface area contributed by atoms with Crippen LogP contribution in [0.1, 0.15) is 22.8 Å². The van der Waals surface area contributed by atoms with Gasteiger partial charge < -0.3 is 10.6 Å². The summed E-state index contributed by atoms with van der Waals surface area (Å²) in [7, 11) is -3.13. The van der Waals surface area contributed by atoms with E-state index in [1.807, 2.05) is 12.1 Å². The molecule has 1 fully saturated rings. The van der Waals surface area contributed by atoms with Crippen LogP contribution in [-0.4, -0.2) is 61.9 Å². The molecule has 8 nitrogen and oxygen atoms in total. The molecular weight excluding hydrogens is 404 g/mol. The summed E-state index contributed by atoms with van der Waals surface area (Å²) < 4.78 is 24.7. The molecule has 160 valence electrons. The van der Waals surface area contributed by atoms with Crippen LogP contribution >= 0.6 is 0 Å². The SMILES string of the molecule is CC(=O)Nc1ccc(NC(=O)c2ccc(CN3CCN(S(C)(=O)=O)CC3)cc2)cc1. The largest absolute Gasteiger partial charge is 0.326 e. The van der Waals surface area contributed by atoms with Crippen LogP contribution in [0.5, 0.6) is 0 Å². The first kappa shape index (κ1) is 21.9. The molecule has 0 saturated carbocycles. The number of carbonyl (C=O) groups excluding carboxylic acids is 2. The summed E-state index contributed by atoms with van der Waals surface area (Å²) in [5, 5.41) is 5.51. The molecule has 0 aliphatic carbocycles. The molecule has 2 N–H and O–H groups in total. The van der Waals surface area contributed by atoms with Gasteiger partial charge in [-0.15, -0.1) is 0 Å². The molecule has 1 saturated heterocycles. The number of hydrogen-bond acceptors (Lipinski definition) is 5. The van der Waals surface area contributed by atoms with Crippen molar-refractivity contribution in [2.45, 2.75) is 13.5 Å². The zero-order valence-electron chi connectivity index (χ0n) is 17.1. The number of nitrogens with one attached hydrogen (secondary N) is 2. The van der Waals surface area contributed by atoms with Crippen LogP contribution in [0.3, 0.4) is 0 Å². The minimum atomic E-state index is -3.13. The van der Waals surface area contributed by atoms with Crippen LogP contribution in [-0.2, 0) is 21.4 Å². The van der Waals surface area contributed by atoms with Crippen molar-refractivity contribution in [2.24, 2.45) is 0 Å². The molecule has 9 heteroatoms. The van der Waals surface area contributed by atoms with E-state index in [1.165, 1.54) is 17.5 Å². The fourth-order valence-electron chi connectivity index (χ4n) is 3.28. The molecule has 0 radical (unpaired) electrons. The Morgan fingerprint density at radius 1 is 0.867 bits per heavy atom. The average Bonchev–Trinajstić information content (AvgIpc) is 2.69. The van der Waals surface area contributed by atoms with Crippen molar-refractivity contribution in [1.29, 1.82) is 0 Å². The summed E-state index contributed by atoms with van der Waals surface area (Å²) in [5.41, 5.74) is 2.93. The third-order valence-corrected chi connectivity index (χ3v) is 6.19. The molecule has 0 bridgehead atoms. The minimum absolute atomic E-state index is 0.149. The van der Waals surface area contributed by atoms with Gasteiger partial charge in [-0.25, -0.2) is 8.42 Å². The molecule has 2 amide bonds. The number of rotatable bonds is 6. The molecule has 0 spiro atoms. The number of benzene rings is 2. The summed E-state index contributed by atoms with van der Waals surface area (Å²) in [6.45, 7) is 4.52. The number of anilines is 2. The number of sulfonamides is 1. The number of hydrogen-bond donors (Lipinski definition) is 2. The zero-order chi connectivity index (χ0) is 21.7. The Morgan fingerprint density at radius 3 is 1.90 bits per heavy atom. The Kier molecular flexibility index (Phi) is 6.86. The van der Waals surface area contributed by atoms with Gasteiger partial charge in [0.05, 0.1) is 6.26 Å². The number of amides is 2. The van der Waals surface area contributed by atoms with E-state index in [0.29, 0.717) is 49.7 Å². The smallest absolute Gasteiger partial charge is 0.255 e. The van der Waals surface area contributed by atoms with E-state index in [1.54, 1.807) is 36.4 Å². The first-order valence-corrected chi connectivity index (χ1v) is 11.5. The standard InChI is InChI=1S/C21H26N4O4S/c1-16(26)22-19-7-9-20(10-8-19)23-21(27)18-5-3-17(4-6-18)15-24-11-13-25(14-12-24)30(2,28)29/h3-10H,11-15H2,1-2H3,(H,22,26)(H,23,27). The third-order valence-electron chi connectivity index (χ3n) is 4.89. The number of nitrogens with zero attached hydrogens (tertiary/aromatic N) is 2. The van der Waals surface area contributed by atoms with Crippen LogP contribution in [0.25, 0.3) is 0 Å². The van der Waals surface area contributed by atoms with Gasteiger partial charge in [0.1, 0.15) is 0 Å². The van der Waals surface area contributed by atoms with E-state index < -0.39 is 10.0 Å². The zero-order valence-corrected chi connectivity index (χ0v) is 17.9. The van der Waals surface area contributed by atoms with Crippen molar-refractivity contribution in [3.8, 4) is 0 Å². The van der Waals surface area contributed by atoms with Crippen LogP contribution in [0, 0.1) is 0 Å². The van der Waals surface area contributed by atoms with Crippen LogP contribution in [0.2, 0.25) is 0 Å². The Morgan fingerprint density at radius 2 is 1.40 bits per heavy atom. The van der Waals surface area contributed by atoms with E-state index in [-0.39, 0.29) is 11.8 Å². The quantitative estimate of drug-likeness (QED) is 0.730. The van der Waals surface area contributed by atoms with Gasteiger partial charge in [-0.2, -0.15) is 4.31 Å². The fraction of sp³-hybridized carbons (Fsp3) is 0.333. The summed E-state index contributed by atoms with van der Waals surface area (Å²) in [6.07, 6.45) is 1.24. The molecule has 1 aliphatic heterocycles. The van der Waals surface area contributed by atoms with E-state index in [0.717, 1.165) is 5.56 Å². The van der Waals surface area contributed by atoms with Crippen molar-refractivity contribution < 1.29 is 18.0 Å². The monoisotopic (exact) mass is 430 g/mol. The second-order valence-corrected chi connectivity index (χ2v) is 9.33. The summed E-state index contributed by atoms with van der Waals surface area (Å²) in [4.78, 5) is 25.7. The van der Waals surface area contributed by atoms with Gasteiger partial charge in [0.25, 0.3) is 5.91 Å². The van der Waals surface area contributed by atoms with Crippen molar-refractivity contribution in [3.63, 3.8) is 0 Å². The molecular formula is C21H26N4O4S. The summed E-state index contributed by atoms with van der Waals surface area (Å²) >= 11 is 0. The molecule has 2 aromatic rings. The normalized spacial score (nSPS) is 15.5. The lowest BCUT2D eigenvalue weighted by Gasteiger charge is -2.33. The molecule has 0 atom stereocenters. The van der Waals surface area contributed by atoms with E-state index in [2.05, 4.69) is 15.5 Å². The number of carbonyl (C=O) groups is 2. The highest BCUT2D eigenvalue weighted by Gasteiger charge is 2.23. The second kappa shape index (κ2) is 9.38. The molecule has 1 heterocycles. The Bertz CT molecular complexity index is 996. The lowest BCUT2D eigenvalue weighted by molar-refractivity contribution is -0.114. The van der Waals surface area contributed by atoms with Crippen molar-refractivity contribution in [3.05, 3.63) is 59.7 Å². The topological polar surface area (TPSA) is 98.8 Å². The molecule has 0 unspecified atom stereocenters. The first-order chi connectivity index (χ1) is 14.2. The van der Waals surface area contributed by atoms with Gasteiger partial charge >= 0.3 is 0 Å². The Balaban J connectivity index is 1.52. The number of piperazine rings is 1. The molecule has 30 heavy (non-hydrogen) atoms. The molecule has 0 aromatic heterocycles. The summed E-state index contributed by atoms with van der Waals surface area (Å²) in [5.74, 6) is -0.361. The highest BCUT2D eigenvalue weighted by Crippen LogP contribution is 2.16. The minimum Gasteiger partial charge on any atom is -0.326 e. The molecule has 2 aromatic carbocycles. The van der Waals surface area contributed by atoms with Crippen molar-refractivity contribution >= 4 is 33.2 Å². The van der Waals surface area contributed by atoms with Gasteiger partial charge in [0, 0.05) is 56.6 Å². The van der Waals surface area contributed by atoms with Gasteiger partial charge in [-0.05, 0) is 42.0 Å². The highest BCUT2D eigenvalue weighted by molar-refractivity contribution is 7.88. The van der Waals surface area contributed by atoms with E-state index >= 15 is 0 Å². The maximum atomic E-state index is 12.5. The lowest BCUT2D eigenvalue weighted by atomic mass is 10.1. The van der Waals surface area contributed by atoms with Crippen LogP contribution in [0.4, 0.5) is 11.4 Å². The molecule has 1 aliphatic rings. The third kappa shape index (κ3) is 6.12. The second-order valence-electron chi connectivity index (χ2n) is 7.35. The predicted octanol–water partition coefficient (Wildman–Crippen LogP) is 1.97. The lowest BCUT2D eigenvalue weighted by Crippen LogP contribution is -2.47. The Labute approximate surface area is 176 Å². The van der Waals surface area contributed by atoms with Crippen LogP contribution in [0.15, 0.2) is 48.5 Å². The van der Waals surface area contributed by atoms with Crippen molar-refractivity contribution in [1.82, 2.24) is 9.21 Å². The van der Waals surface area contributed by atoms with Gasteiger partial charge in [0.2, 0.25) is 15.9 Å². The van der Waals surface area contributed by atoms with Gasteiger partial charge in [-0.3, -0.25) is 14.5 Å². The van der Waals surface area contributed by atoms with Crippen LogP contribution < -0.4 is 10.6 Å². The maximum Gasteiger partial charge on any atom is 0.255 e. The summed E-state index contributed by atoms with van der Waals surface area (Å²) in [6, 6.07) is 14.3. The fourth-order valence-corrected chi connectivity index (χ4v) is 4.11. The van der Waals surface area contributed by atoms with Gasteiger partial charge in [0.15, 0.2) is 0 Å². The van der Waals surface area contributed by atoms with E-state index in [9.17, 15) is 18.0 Å². The van der Waals surface area contributed by atoms with E-state index in [4.69, 9.17) is 0 Å². The van der Waals surface area contributed by atoms with Crippen molar-refractivity contribution in [2.75, 3.05) is 43.1 Å². The average molecular weight is 431 g/mol. The predicted molar refractivity (Wildman–Crippen MR) is 117 cm³/mol. The van der Waals surface area contributed by atoms with Gasteiger partial charge in [-0.1, -0.05) is 12.1 Å². The molecule has 3 rings (SSSR count). The maximum absolute atomic E-state index is 12.5.